The van der Waals surface area contributed by atoms with Crippen LogP contribution in [0.2, 0.25) is 0 Å². The second-order valence-corrected chi connectivity index (χ2v) is 5.80. The van der Waals surface area contributed by atoms with Crippen LogP contribution in [0.1, 0.15) is 16.7 Å². The van der Waals surface area contributed by atoms with Crippen LogP contribution >= 0.6 is 0 Å². The lowest BCUT2D eigenvalue weighted by Gasteiger charge is -2.03. The molecule has 0 radical (unpaired) electrons. The molecule has 6 nitrogen and oxygen atoms in total. The number of phenols is 2. The average Bonchev–Trinajstić information content (AvgIpc) is 3.03. The number of hydrogen-bond donors (Lipinski definition) is 4. The molecule has 3 rings (SSSR count). The number of aromatic nitrogens is 1. The summed E-state index contributed by atoms with van der Waals surface area (Å²) in [5, 5.41) is 31.7. The monoisotopic (exact) mass is 347 g/mol. The van der Waals surface area contributed by atoms with Gasteiger partial charge in [-0.25, -0.2) is 0 Å². The lowest BCUT2D eigenvalue weighted by atomic mass is 10.1. The third kappa shape index (κ3) is 3.84. The van der Waals surface area contributed by atoms with Gasteiger partial charge in [0.15, 0.2) is 0 Å². The highest BCUT2D eigenvalue weighted by Gasteiger charge is 2.05. The molecule has 4 N–H and O–H groups in total. The Bertz CT molecular complexity index is 1030. The molecular formula is C20H17N3O3. The minimum atomic E-state index is -0.282. The van der Waals surface area contributed by atoms with Crippen molar-refractivity contribution in [2.75, 3.05) is 6.54 Å². The van der Waals surface area contributed by atoms with Crippen LogP contribution < -0.4 is 5.32 Å². The third-order valence-corrected chi connectivity index (χ3v) is 4.02. The van der Waals surface area contributed by atoms with Crippen molar-refractivity contribution in [1.29, 1.82) is 5.26 Å². The first-order valence-electron chi connectivity index (χ1n) is 8.05. The Labute approximate surface area is 150 Å². The molecule has 130 valence electrons. The van der Waals surface area contributed by atoms with Crippen molar-refractivity contribution >= 4 is 22.9 Å². The number of aromatic hydroxyl groups is 2. The number of carbonyl (C=O) groups is 1. The minimum absolute atomic E-state index is 0.0395. The van der Waals surface area contributed by atoms with Crippen LogP contribution in [-0.2, 0) is 11.2 Å². The van der Waals surface area contributed by atoms with Gasteiger partial charge in [0.25, 0.3) is 0 Å². The lowest BCUT2D eigenvalue weighted by Crippen LogP contribution is -2.23. The highest BCUT2D eigenvalue weighted by Crippen LogP contribution is 2.23. The number of phenolic OH excluding ortho intramolecular Hbond substituents is 2. The van der Waals surface area contributed by atoms with Crippen molar-refractivity contribution in [3.8, 4) is 17.6 Å². The molecule has 1 aromatic heterocycles. The largest absolute Gasteiger partial charge is 0.508 e. The lowest BCUT2D eigenvalue weighted by molar-refractivity contribution is -0.116. The number of nitrogens with one attached hydrogen (secondary N) is 2. The standard InChI is InChI=1S/C20H17N3O3/c21-11-13-1-5-18-17(9-13)15(12-23-18)7-8-22-20(26)6-3-14-2-4-16(24)10-19(14)25/h1-6,9-10,12,23-25H,7-8H2,(H,22,26)/b6-3+. The topological polar surface area (TPSA) is 109 Å². The van der Waals surface area contributed by atoms with Crippen molar-refractivity contribution in [2.45, 2.75) is 6.42 Å². The second kappa shape index (κ2) is 7.45. The van der Waals surface area contributed by atoms with E-state index >= 15 is 0 Å². The van der Waals surface area contributed by atoms with Gasteiger partial charge in [-0.3, -0.25) is 4.79 Å². The van der Waals surface area contributed by atoms with E-state index in [4.69, 9.17) is 5.26 Å². The Morgan fingerprint density at radius 1 is 1.23 bits per heavy atom. The Morgan fingerprint density at radius 2 is 2.08 bits per heavy atom. The molecule has 6 heteroatoms. The van der Waals surface area contributed by atoms with Crippen LogP contribution in [-0.4, -0.2) is 27.6 Å². The van der Waals surface area contributed by atoms with Gasteiger partial charge in [0, 0.05) is 41.4 Å². The van der Waals surface area contributed by atoms with E-state index in [9.17, 15) is 15.0 Å². The molecule has 2 aromatic carbocycles. The van der Waals surface area contributed by atoms with Crippen LogP contribution in [0.25, 0.3) is 17.0 Å². The average molecular weight is 347 g/mol. The van der Waals surface area contributed by atoms with Crippen LogP contribution in [0.5, 0.6) is 11.5 Å². The minimum Gasteiger partial charge on any atom is -0.508 e. The predicted molar refractivity (Wildman–Crippen MR) is 98.5 cm³/mol. The molecule has 0 aliphatic heterocycles. The molecule has 0 atom stereocenters. The van der Waals surface area contributed by atoms with Gasteiger partial charge in [-0.2, -0.15) is 5.26 Å². The van der Waals surface area contributed by atoms with Gasteiger partial charge < -0.3 is 20.5 Å². The van der Waals surface area contributed by atoms with Crippen molar-refractivity contribution in [1.82, 2.24) is 10.3 Å². The van der Waals surface area contributed by atoms with Crippen LogP contribution in [0.3, 0.4) is 0 Å². The van der Waals surface area contributed by atoms with Gasteiger partial charge in [0.2, 0.25) is 5.91 Å². The number of aromatic amines is 1. The first-order valence-corrected chi connectivity index (χ1v) is 8.05. The van der Waals surface area contributed by atoms with Gasteiger partial charge in [0.05, 0.1) is 11.6 Å². The van der Waals surface area contributed by atoms with Gasteiger partial charge in [0.1, 0.15) is 11.5 Å². The van der Waals surface area contributed by atoms with E-state index in [1.54, 1.807) is 6.07 Å². The Kier molecular flexibility index (Phi) is 4.90. The summed E-state index contributed by atoms with van der Waals surface area (Å²) >= 11 is 0. The van der Waals surface area contributed by atoms with E-state index in [1.165, 1.54) is 30.4 Å². The first kappa shape index (κ1) is 17.1. The molecule has 3 aromatic rings. The number of hydrogen-bond acceptors (Lipinski definition) is 4. The molecule has 1 heterocycles. The number of benzene rings is 2. The van der Waals surface area contributed by atoms with E-state index in [0.29, 0.717) is 24.1 Å². The van der Waals surface area contributed by atoms with Gasteiger partial charge in [-0.15, -0.1) is 0 Å². The molecule has 0 saturated carbocycles. The number of H-pyrrole nitrogens is 1. The number of amides is 1. The molecule has 0 aliphatic carbocycles. The summed E-state index contributed by atoms with van der Waals surface area (Å²) in [5.74, 6) is -0.418. The fraction of sp³-hybridized carbons (Fsp3) is 0.100. The quantitative estimate of drug-likeness (QED) is 0.532. The van der Waals surface area contributed by atoms with Crippen LogP contribution in [0.15, 0.2) is 48.7 Å². The van der Waals surface area contributed by atoms with Crippen molar-refractivity contribution in [2.24, 2.45) is 0 Å². The molecule has 26 heavy (non-hydrogen) atoms. The molecule has 0 spiro atoms. The maximum atomic E-state index is 11.9. The zero-order valence-electron chi connectivity index (χ0n) is 13.9. The number of carbonyl (C=O) groups excluding carboxylic acids is 1. The summed E-state index contributed by atoms with van der Waals surface area (Å²) in [6.45, 7) is 0.439. The van der Waals surface area contributed by atoms with Crippen molar-refractivity contribution < 1.29 is 15.0 Å². The molecule has 0 unspecified atom stereocenters. The summed E-state index contributed by atoms with van der Waals surface area (Å²) in [7, 11) is 0. The molecule has 1 amide bonds. The number of nitriles is 1. The van der Waals surface area contributed by atoms with E-state index in [1.807, 2.05) is 18.3 Å². The molecule has 0 fully saturated rings. The molecule has 0 saturated heterocycles. The smallest absolute Gasteiger partial charge is 0.244 e. The summed E-state index contributed by atoms with van der Waals surface area (Å²) in [4.78, 5) is 15.1. The third-order valence-electron chi connectivity index (χ3n) is 4.02. The maximum Gasteiger partial charge on any atom is 0.244 e. The first-order chi connectivity index (χ1) is 12.6. The van der Waals surface area contributed by atoms with Crippen molar-refractivity contribution in [3.05, 3.63) is 65.4 Å². The SMILES string of the molecule is N#Cc1ccc2[nH]cc(CCNC(=O)/C=C/c3ccc(O)cc3O)c2c1. The fourth-order valence-corrected chi connectivity index (χ4v) is 2.67. The number of fused-ring (bicyclic) bond motifs is 1. The maximum absolute atomic E-state index is 11.9. The highest BCUT2D eigenvalue weighted by molar-refractivity contribution is 5.92. The number of rotatable bonds is 5. The Morgan fingerprint density at radius 3 is 2.85 bits per heavy atom. The normalized spacial score (nSPS) is 10.9. The van der Waals surface area contributed by atoms with Gasteiger partial charge in [-0.05, 0) is 48.4 Å². The second-order valence-electron chi connectivity index (χ2n) is 5.80. The predicted octanol–water partition coefficient (Wildman–Crippen LogP) is 2.82. The van der Waals surface area contributed by atoms with Crippen LogP contribution in [0.4, 0.5) is 0 Å². The van der Waals surface area contributed by atoms with E-state index in [2.05, 4.69) is 16.4 Å². The summed E-state index contributed by atoms with van der Waals surface area (Å²) in [6.07, 6.45) is 5.31. The van der Waals surface area contributed by atoms with E-state index < -0.39 is 0 Å². The zero-order chi connectivity index (χ0) is 18.5. The van der Waals surface area contributed by atoms with Crippen LogP contribution in [0, 0.1) is 11.3 Å². The Balaban J connectivity index is 1.59. The van der Waals surface area contributed by atoms with Gasteiger partial charge in [-0.1, -0.05) is 0 Å². The van der Waals surface area contributed by atoms with E-state index in [0.717, 1.165) is 16.5 Å². The number of nitrogens with zero attached hydrogens (tertiary/aromatic N) is 1. The fourth-order valence-electron chi connectivity index (χ4n) is 2.67. The molecule has 0 bridgehead atoms. The summed E-state index contributed by atoms with van der Waals surface area (Å²) < 4.78 is 0. The summed E-state index contributed by atoms with van der Waals surface area (Å²) in [5.41, 5.74) is 3.02. The molecule has 0 aliphatic rings. The van der Waals surface area contributed by atoms with Crippen molar-refractivity contribution in [3.63, 3.8) is 0 Å². The molecular weight excluding hydrogens is 330 g/mol. The van der Waals surface area contributed by atoms with E-state index in [-0.39, 0.29) is 17.4 Å². The van der Waals surface area contributed by atoms with Gasteiger partial charge >= 0.3 is 0 Å². The summed E-state index contributed by atoms with van der Waals surface area (Å²) in [6, 6.07) is 11.7. The zero-order valence-corrected chi connectivity index (χ0v) is 13.9. The highest BCUT2D eigenvalue weighted by atomic mass is 16.3. The Hall–Kier alpha value is -3.72.